The monoisotopic (exact) mass is 619 g/mol. The quantitative estimate of drug-likeness (QED) is 0.322. The van der Waals surface area contributed by atoms with Gasteiger partial charge >= 0.3 is 18.0 Å². The molecule has 12 nitrogen and oxygen atoms in total. The molecule has 43 heavy (non-hydrogen) atoms. The van der Waals surface area contributed by atoms with Crippen LogP contribution in [0, 0.1) is 17.6 Å². The zero-order valence-corrected chi connectivity index (χ0v) is 23.5. The van der Waals surface area contributed by atoms with Gasteiger partial charge in [-0.1, -0.05) is 11.8 Å². The SMILES string of the molecule is C[C@@H](O)[C@H]1C(=O)N2C(C(=O)O)=C(COC(=O)N[C@H]3CCC(c4c(F)cc5c(=O)c(C(=O)O)cn(C6CC6)c5c4F)C3)S[C@H]12. The number of alkyl carbamates (subject to hydrolysis) is 1. The van der Waals surface area contributed by atoms with Crippen LogP contribution in [0.25, 0.3) is 10.9 Å². The van der Waals surface area contributed by atoms with Gasteiger partial charge in [0, 0.05) is 23.8 Å². The number of aliphatic carboxylic acids is 1. The summed E-state index contributed by atoms with van der Waals surface area (Å²) in [5.74, 6) is -6.68. The lowest BCUT2D eigenvalue weighted by molar-refractivity contribution is -0.156. The van der Waals surface area contributed by atoms with Gasteiger partial charge < -0.3 is 29.9 Å². The van der Waals surface area contributed by atoms with Crippen molar-refractivity contribution in [3.05, 3.63) is 55.9 Å². The molecule has 1 aromatic carbocycles. The van der Waals surface area contributed by atoms with Gasteiger partial charge in [0.15, 0.2) is 5.82 Å². The van der Waals surface area contributed by atoms with Crippen molar-refractivity contribution < 1.29 is 48.0 Å². The lowest BCUT2D eigenvalue weighted by Crippen LogP contribution is -2.60. The van der Waals surface area contributed by atoms with Gasteiger partial charge in [0.1, 0.15) is 29.1 Å². The largest absolute Gasteiger partial charge is 0.477 e. The molecule has 4 N–H and O–H groups in total. The Balaban J connectivity index is 1.15. The summed E-state index contributed by atoms with van der Waals surface area (Å²) in [4.78, 5) is 62.2. The topological polar surface area (TPSA) is 175 Å². The maximum absolute atomic E-state index is 15.9. The zero-order valence-electron chi connectivity index (χ0n) is 22.7. The molecular weight excluding hydrogens is 592 g/mol. The Labute approximate surface area is 246 Å². The number of aromatic carboxylic acids is 1. The lowest BCUT2D eigenvalue weighted by Gasteiger charge is -2.43. The first-order valence-electron chi connectivity index (χ1n) is 13.8. The molecule has 1 saturated heterocycles. The van der Waals surface area contributed by atoms with Crippen molar-refractivity contribution in [1.82, 2.24) is 14.8 Å². The molecule has 3 fully saturated rings. The fraction of sp³-hybridized carbons (Fsp3) is 0.464. The van der Waals surface area contributed by atoms with Crippen LogP contribution in [0.1, 0.15) is 66.9 Å². The van der Waals surface area contributed by atoms with Crippen molar-refractivity contribution in [2.24, 2.45) is 5.92 Å². The van der Waals surface area contributed by atoms with Gasteiger partial charge in [-0.05, 0) is 51.0 Å². The number of hydrogen-bond acceptors (Lipinski definition) is 8. The van der Waals surface area contributed by atoms with Crippen LogP contribution in [0.5, 0.6) is 0 Å². The molecule has 0 spiro atoms. The Morgan fingerprint density at radius 1 is 1.14 bits per heavy atom. The third-order valence-corrected chi connectivity index (χ3v) is 9.83. The third kappa shape index (κ3) is 4.83. The number of thioether (sulfide) groups is 1. The summed E-state index contributed by atoms with van der Waals surface area (Å²) in [6, 6.07) is 0.177. The number of amides is 2. The van der Waals surface area contributed by atoms with E-state index in [0.29, 0.717) is 25.7 Å². The predicted molar refractivity (Wildman–Crippen MR) is 146 cm³/mol. The Bertz CT molecular complexity index is 1690. The van der Waals surface area contributed by atoms with E-state index in [9.17, 15) is 39.3 Å². The number of carboxylic acid groups (broad SMARTS) is 2. The van der Waals surface area contributed by atoms with Crippen molar-refractivity contribution >= 4 is 46.6 Å². The number of pyridine rings is 1. The molecule has 2 aliphatic heterocycles. The third-order valence-electron chi connectivity index (χ3n) is 8.49. The standard InChI is InChI=1S/C28H27F2N3O9S/c1-10(34)18-24(36)33-22(27(39)40)17(43-25(18)33)9-42-28(41)31-12-3-2-11(6-12)19-16(29)7-14-21(20(19)30)32(13-4-5-13)8-15(23(14)35)26(37)38/h7-8,10-13,18,25,34H,2-6,9H2,1H3,(H,31,41)(H,37,38)(H,39,40)/t10-,11?,12+,18+,25-/m1/s1. The van der Waals surface area contributed by atoms with E-state index in [0.717, 1.165) is 28.9 Å². The number of ether oxygens (including phenoxy) is 1. The second-order valence-electron chi connectivity index (χ2n) is 11.3. The fourth-order valence-corrected chi connectivity index (χ4v) is 7.81. The Kier molecular flexibility index (Phi) is 7.19. The number of carbonyl (C=O) groups excluding carboxylic acids is 2. The first-order chi connectivity index (χ1) is 20.4. The van der Waals surface area contributed by atoms with Crippen LogP contribution in [0.4, 0.5) is 13.6 Å². The van der Waals surface area contributed by atoms with Gasteiger partial charge in [-0.2, -0.15) is 0 Å². The van der Waals surface area contributed by atoms with Crippen LogP contribution < -0.4 is 10.7 Å². The number of aromatic nitrogens is 1. The van der Waals surface area contributed by atoms with E-state index in [4.69, 9.17) is 4.74 Å². The van der Waals surface area contributed by atoms with Gasteiger partial charge in [-0.3, -0.25) is 14.5 Å². The summed E-state index contributed by atoms with van der Waals surface area (Å²) in [7, 11) is 0. The molecule has 2 saturated carbocycles. The molecule has 6 rings (SSSR count). The minimum Gasteiger partial charge on any atom is -0.477 e. The summed E-state index contributed by atoms with van der Waals surface area (Å²) >= 11 is 1.03. The molecule has 0 radical (unpaired) electrons. The summed E-state index contributed by atoms with van der Waals surface area (Å²) < 4.78 is 37.9. The normalized spacial score (nSPS) is 25.5. The van der Waals surface area contributed by atoms with Gasteiger partial charge in [0.05, 0.1) is 27.8 Å². The second kappa shape index (κ2) is 10.6. The van der Waals surface area contributed by atoms with Crippen molar-refractivity contribution in [3.63, 3.8) is 0 Å². The molecule has 2 aliphatic carbocycles. The van der Waals surface area contributed by atoms with E-state index >= 15 is 8.78 Å². The Morgan fingerprint density at radius 3 is 2.49 bits per heavy atom. The van der Waals surface area contributed by atoms with Crippen LogP contribution in [-0.4, -0.2) is 72.9 Å². The second-order valence-corrected chi connectivity index (χ2v) is 12.5. The van der Waals surface area contributed by atoms with E-state index in [-0.39, 0.29) is 39.5 Å². The number of β-lactam (4-membered cyclic amide) rings is 1. The van der Waals surface area contributed by atoms with E-state index in [1.165, 1.54) is 11.5 Å². The maximum atomic E-state index is 15.9. The number of benzene rings is 1. The number of halogens is 2. The van der Waals surface area contributed by atoms with Gasteiger partial charge in [-0.25, -0.2) is 23.2 Å². The van der Waals surface area contributed by atoms with Gasteiger partial charge in [-0.15, -0.1) is 0 Å². The van der Waals surface area contributed by atoms with Crippen molar-refractivity contribution in [2.45, 2.75) is 68.5 Å². The molecule has 4 aliphatic rings. The minimum absolute atomic E-state index is 0.137. The highest BCUT2D eigenvalue weighted by atomic mass is 32.2. The summed E-state index contributed by atoms with van der Waals surface area (Å²) in [6.07, 6.45) is 1.43. The van der Waals surface area contributed by atoms with Crippen LogP contribution in [0.2, 0.25) is 0 Å². The van der Waals surface area contributed by atoms with E-state index in [1.54, 1.807) is 0 Å². The first kappa shape index (κ1) is 29.1. The summed E-state index contributed by atoms with van der Waals surface area (Å²) in [6.45, 7) is 1.01. The average Bonchev–Trinajstić information content (AvgIpc) is 3.59. The molecule has 3 heterocycles. The summed E-state index contributed by atoms with van der Waals surface area (Å²) in [5.41, 5.74) is -2.19. The molecule has 1 aromatic heterocycles. The number of nitrogens with zero attached hydrogens (tertiary/aromatic N) is 2. The van der Waals surface area contributed by atoms with E-state index < -0.39 is 82.5 Å². The number of rotatable bonds is 8. The molecule has 2 amide bonds. The molecular formula is C28H27F2N3O9S. The van der Waals surface area contributed by atoms with Crippen LogP contribution in [0.3, 0.4) is 0 Å². The van der Waals surface area contributed by atoms with Crippen LogP contribution >= 0.6 is 11.8 Å². The number of aliphatic hydroxyl groups is 1. The molecule has 1 unspecified atom stereocenters. The van der Waals surface area contributed by atoms with Crippen molar-refractivity contribution in [1.29, 1.82) is 0 Å². The minimum atomic E-state index is -1.48. The van der Waals surface area contributed by atoms with Crippen LogP contribution in [0.15, 0.2) is 27.7 Å². The number of fused-ring (bicyclic) bond motifs is 2. The van der Waals surface area contributed by atoms with Crippen molar-refractivity contribution in [3.8, 4) is 0 Å². The highest BCUT2D eigenvalue weighted by molar-refractivity contribution is 8.04. The molecule has 15 heteroatoms. The van der Waals surface area contributed by atoms with Gasteiger partial charge in [0.2, 0.25) is 11.3 Å². The lowest BCUT2D eigenvalue weighted by atomic mass is 9.92. The number of nitrogens with one attached hydrogen (secondary N) is 1. The number of carboxylic acids is 2. The number of carbonyl (C=O) groups is 4. The fourth-order valence-electron chi connectivity index (χ4n) is 6.29. The van der Waals surface area contributed by atoms with Crippen molar-refractivity contribution in [2.75, 3.05) is 6.61 Å². The maximum Gasteiger partial charge on any atom is 0.407 e. The molecule has 2 aromatic rings. The average molecular weight is 620 g/mol. The summed E-state index contributed by atoms with van der Waals surface area (Å²) in [5, 5.41) is 30.6. The highest BCUT2D eigenvalue weighted by Crippen LogP contribution is 2.50. The number of aliphatic hydroxyl groups excluding tert-OH is 1. The highest BCUT2D eigenvalue weighted by Gasteiger charge is 2.57. The number of hydrogen-bond donors (Lipinski definition) is 4. The van der Waals surface area contributed by atoms with E-state index in [2.05, 4.69) is 5.32 Å². The Hall–Kier alpha value is -3.98. The Morgan fingerprint density at radius 2 is 1.86 bits per heavy atom. The molecule has 0 bridgehead atoms. The molecule has 228 valence electrons. The zero-order chi connectivity index (χ0) is 30.9. The molecule has 5 atom stereocenters. The predicted octanol–water partition coefficient (Wildman–Crippen LogP) is 2.88. The first-order valence-corrected chi connectivity index (χ1v) is 14.6. The smallest absolute Gasteiger partial charge is 0.407 e. The van der Waals surface area contributed by atoms with Crippen LogP contribution in [-0.2, 0) is 14.3 Å². The van der Waals surface area contributed by atoms with Gasteiger partial charge in [0.25, 0.3) is 0 Å². The van der Waals surface area contributed by atoms with E-state index in [1.807, 2.05) is 0 Å².